The van der Waals surface area contributed by atoms with Gasteiger partial charge in [0.2, 0.25) is 0 Å². The van der Waals surface area contributed by atoms with Crippen LogP contribution in [0.4, 0.5) is 8.78 Å². The summed E-state index contributed by atoms with van der Waals surface area (Å²) in [5.41, 5.74) is 0.303. The van der Waals surface area contributed by atoms with Gasteiger partial charge >= 0.3 is 0 Å². The molecule has 2 aromatic rings. The van der Waals surface area contributed by atoms with Gasteiger partial charge in [-0.25, -0.2) is 8.78 Å². The Morgan fingerprint density at radius 1 is 1.39 bits per heavy atom. The van der Waals surface area contributed by atoms with E-state index in [1.165, 1.54) is 6.07 Å². The molecule has 0 saturated carbocycles. The highest BCUT2D eigenvalue weighted by Gasteiger charge is 2.16. The minimum absolute atomic E-state index is 0.275. The summed E-state index contributed by atoms with van der Waals surface area (Å²) in [6.07, 6.45) is 0.275. The molecule has 2 rings (SSSR count). The Bertz CT molecular complexity index is 549. The van der Waals surface area contributed by atoms with Crippen molar-refractivity contribution in [2.24, 2.45) is 0 Å². The molecule has 1 unspecified atom stereocenters. The Hall–Kier alpha value is -0.450. The maximum Gasteiger partial charge on any atom is 0.162 e. The van der Waals surface area contributed by atoms with Crippen molar-refractivity contribution in [2.75, 3.05) is 0 Å². The maximum atomic E-state index is 13.5. The van der Waals surface area contributed by atoms with Crippen LogP contribution in [-0.4, -0.2) is 0 Å². The predicted molar refractivity (Wildman–Crippen MR) is 75.4 cm³/mol. The standard InChI is InChI=1S/C13H10BrClF2S/c1-7-9(14)6-12(18-7)10(15)5-8-3-2-4-11(16)13(8)17/h2-4,6,10H,5H2,1H3. The molecule has 18 heavy (non-hydrogen) atoms. The fourth-order valence-electron chi connectivity index (χ4n) is 1.64. The lowest BCUT2D eigenvalue weighted by Crippen LogP contribution is -1.98. The van der Waals surface area contributed by atoms with Crippen LogP contribution in [0.15, 0.2) is 28.7 Å². The van der Waals surface area contributed by atoms with Crippen molar-refractivity contribution in [3.05, 3.63) is 55.7 Å². The summed E-state index contributed by atoms with van der Waals surface area (Å²) in [4.78, 5) is 2.07. The van der Waals surface area contributed by atoms with Crippen LogP contribution < -0.4 is 0 Å². The van der Waals surface area contributed by atoms with Crippen molar-refractivity contribution in [1.82, 2.24) is 0 Å². The maximum absolute atomic E-state index is 13.5. The Morgan fingerprint density at radius 2 is 2.11 bits per heavy atom. The van der Waals surface area contributed by atoms with Crippen LogP contribution >= 0.6 is 38.9 Å². The van der Waals surface area contributed by atoms with E-state index in [1.54, 1.807) is 17.4 Å². The molecule has 0 radical (unpaired) electrons. The molecule has 1 aromatic heterocycles. The SMILES string of the molecule is Cc1sc(C(Cl)Cc2cccc(F)c2F)cc1Br. The van der Waals surface area contributed by atoms with Crippen molar-refractivity contribution >= 4 is 38.9 Å². The zero-order valence-corrected chi connectivity index (χ0v) is 12.7. The third kappa shape index (κ3) is 2.92. The highest BCUT2D eigenvalue weighted by atomic mass is 79.9. The van der Waals surface area contributed by atoms with E-state index < -0.39 is 11.6 Å². The van der Waals surface area contributed by atoms with Gasteiger partial charge in [-0.05, 0) is 47.0 Å². The molecule has 96 valence electrons. The van der Waals surface area contributed by atoms with Gasteiger partial charge in [0.1, 0.15) is 0 Å². The molecular weight excluding hydrogens is 342 g/mol. The molecule has 0 saturated heterocycles. The lowest BCUT2D eigenvalue weighted by molar-refractivity contribution is 0.498. The summed E-state index contributed by atoms with van der Waals surface area (Å²) >= 11 is 11.2. The quantitative estimate of drug-likeness (QED) is 0.630. The van der Waals surface area contributed by atoms with E-state index in [4.69, 9.17) is 11.6 Å². The van der Waals surface area contributed by atoms with Crippen LogP contribution in [0.3, 0.4) is 0 Å². The third-order valence-electron chi connectivity index (χ3n) is 2.62. The minimum Gasteiger partial charge on any atom is -0.204 e. The second kappa shape index (κ2) is 5.68. The lowest BCUT2D eigenvalue weighted by Gasteiger charge is -2.08. The molecule has 0 bridgehead atoms. The number of aryl methyl sites for hydroxylation is 1. The van der Waals surface area contributed by atoms with Crippen LogP contribution in [0.1, 0.15) is 20.7 Å². The Morgan fingerprint density at radius 3 is 2.72 bits per heavy atom. The van der Waals surface area contributed by atoms with Crippen LogP contribution in [0.5, 0.6) is 0 Å². The Kier molecular flexibility index (Phi) is 4.41. The number of alkyl halides is 1. The van der Waals surface area contributed by atoms with Gasteiger partial charge in [0.25, 0.3) is 0 Å². The van der Waals surface area contributed by atoms with Crippen LogP contribution in [0.2, 0.25) is 0 Å². The Labute approximate surface area is 122 Å². The zero-order valence-electron chi connectivity index (χ0n) is 9.51. The summed E-state index contributed by atoms with van der Waals surface area (Å²) < 4.78 is 27.6. The summed E-state index contributed by atoms with van der Waals surface area (Å²) in [6, 6.07) is 6.08. The van der Waals surface area contributed by atoms with E-state index >= 15 is 0 Å². The van der Waals surface area contributed by atoms with Gasteiger partial charge in [0.15, 0.2) is 11.6 Å². The van der Waals surface area contributed by atoms with Gasteiger partial charge < -0.3 is 0 Å². The Balaban J connectivity index is 2.21. The molecular formula is C13H10BrClF2S. The van der Waals surface area contributed by atoms with Crippen molar-refractivity contribution < 1.29 is 8.78 Å². The first-order valence-corrected chi connectivity index (χ1v) is 7.36. The molecule has 1 aromatic carbocycles. The van der Waals surface area contributed by atoms with E-state index in [0.29, 0.717) is 5.56 Å². The van der Waals surface area contributed by atoms with Gasteiger partial charge in [-0.15, -0.1) is 22.9 Å². The molecule has 5 heteroatoms. The second-order valence-electron chi connectivity index (χ2n) is 3.94. The fraction of sp³-hybridized carbons (Fsp3) is 0.231. The number of benzene rings is 1. The van der Waals surface area contributed by atoms with Crippen molar-refractivity contribution in [3.8, 4) is 0 Å². The zero-order chi connectivity index (χ0) is 13.3. The van der Waals surface area contributed by atoms with Crippen LogP contribution in [0, 0.1) is 18.6 Å². The molecule has 0 spiro atoms. The van der Waals surface area contributed by atoms with Gasteiger partial charge in [0, 0.05) is 14.2 Å². The smallest absolute Gasteiger partial charge is 0.162 e. The largest absolute Gasteiger partial charge is 0.204 e. The van der Waals surface area contributed by atoms with Gasteiger partial charge in [-0.2, -0.15) is 0 Å². The number of halogens is 4. The monoisotopic (exact) mass is 350 g/mol. The average molecular weight is 352 g/mol. The molecule has 0 nitrogen and oxygen atoms in total. The molecule has 0 aliphatic rings. The molecule has 1 atom stereocenters. The topological polar surface area (TPSA) is 0 Å². The van der Waals surface area contributed by atoms with Crippen LogP contribution in [-0.2, 0) is 6.42 Å². The third-order valence-corrected chi connectivity index (χ3v) is 5.38. The van der Waals surface area contributed by atoms with E-state index in [0.717, 1.165) is 20.3 Å². The van der Waals surface area contributed by atoms with Gasteiger partial charge in [-0.1, -0.05) is 12.1 Å². The normalized spacial score (nSPS) is 12.7. The van der Waals surface area contributed by atoms with E-state index in [9.17, 15) is 8.78 Å². The molecule has 0 amide bonds. The van der Waals surface area contributed by atoms with Crippen molar-refractivity contribution in [2.45, 2.75) is 18.7 Å². The lowest BCUT2D eigenvalue weighted by atomic mass is 10.1. The highest BCUT2D eigenvalue weighted by Crippen LogP contribution is 2.35. The number of rotatable bonds is 3. The number of thiophene rings is 1. The fourth-order valence-corrected chi connectivity index (χ4v) is 3.54. The number of hydrogen-bond acceptors (Lipinski definition) is 1. The molecule has 0 aliphatic carbocycles. The summed E-state index contributed by atoms with van der Waals surface area (Å²) in [7, 11) is 0. The minimum atomic E-state index is -0.833. The second-order valence-corrected chi connectivity index (χ2v) is 6.61. The van der Waals surface area contributed by atoms with E-state index in [1.807, 2.05) is 13.0 Å². The average Bonchev–Trinajstić information content (AvgIpc) is 2.66. The van der Waals surface area contributed by atoms with Crippen LogP contribution in [0.25, 0.3) is 0 Å². The molecule has 0 N–H and O–H groups in total. The summed E-state index contributed by atoms with van der Waals surface area (Å²) in [5, 5.41) is -0.351. The van der Waals surface area contributed by atoms with Crippen molar-refractivity contribution in [3.63, 3.8) is 0 Å². The summed E-state index contributed by atoms with van der Waals surface area (Å²) in [5.74, 6) is -1.64. The molecule has 0 aliphatic heterocycles. The van der Waals surface area contributed by atoms with Crippen molar-refractivity contribution in [1.29, 1.82) is 0 Å². The first kappa shape index (κ1) is 14.0. The van der Waals surface area contributed by atoms with E-state index in [2.05, 4.69) is 15.9 Å². The first-order chi connectivity index (χ1) is 8.49. The molecule has 1 heterocycles. The number of hydrogen-bond donors (Lipinski definition) is 0. The highest BCUT2D eigenvalue weighted by molar-refractivity contribution is 9.10. The summed E-state index contributed by atoms with van der Waals surface area (Å²) in [6.45, 7) is 1.98. The predicted octanol–water partition coefficient (Wildman–Crippen LogP) is 5.62. The van der Waals surface area contributed by atoms with Gasteiger partial charge in [0.05, 0.1) is 5.38 Å². The first-order valence-electron chi connectivity index (χ1n) is 5.32. The van der Waals surface area contributed by atoms with E-state index in [-0.39, 0.29) is 11.8 Å². The van der Waals surface area contributed by atoms with Gasteiger partial charge in [-0.3, -0.25) is 0 Å². The molecule has 0 fully saturated rings.